The van der Waals surface area contributed by atoms with E-state index in [2.05, 4.69) is 40.2 Å². The van der Waals surface area contributed by atoms with Crippen molar-refractivity contribution in [2.24, 2.45) is 4.99 Å². The minimum absolute atomic E-state index is 0.0862. The molecule has 4 aromatic carbocycles. The molecule has 4 aromatic rings. The normalized spacial score (nSPS) is 15.4. The molecule has 0 spiro atoms. The molecule has 0 bridgehead atoms. The van der Waals surface area contributed by atoms with Gasteiger partial charge in [-0.25, -0.2) is 4.99 Å². The predicted octanol–water partition coefficient (Wildman–Crippen LogP) is 7.82. The van der Waals surface area contributed by atoms with Crippen LogP contribution in [0.1, 0.15) is 18.1 Å². The summed E-state index contributed by atoms with van der Waals surface area (Å²) >= 11 is 5.01. The number of benzene rings is 4. The number of halogens is 1. The second kappa shape index (κ2) is 12.0. The van der Waals surface area contributed by atoms with E-state index in [0.717, 1.165) is 32.4 Å². The minimum Gasteiger partial charge on any atom is -0.497 e. The molecule has 39 heavy (non-hydrogen) atoms. The van der Waals surface area contributed by atoms with E-state index >= 15 is 0 Å². The maximum atomic E-state index is 13.2. The summed E-state index contributed by atoms with van der Waals surface area (Å²) in [6.07, 6.45) is 1.85. The number of carbonyl (C=O) groups is 1. The summed E-state index contributed by atoms with van der Waals surface area (Å²) in [5, 5.41) is 2.96. The van der Waals surface area contributed by atoms with Gasteiger partial charge in [0.15, 0.2) is 16.7 Å². The van der Waals surface area contributed by atoms with Crippen LogP contribution in [0.2, 0.25) is 0 Å². The molecule has 8 heteroatoms. The lowest BCUT2D eigenvalue weighted by molar-refractivity contribution is -0.122. The Hall–Kier alpha value is -3.75. The number of likely N-dealkylation sites (N-methyl/N-ethyl adjacent to an activating group) is 1. The summed E-state index contributed by atoms with van der Waals surface area (Å²) in [7, 11) is 3.23. The number of amidine groups is 1. The summed E-state index contributed by atoms with van der Waals surface area (Å²) < 4.78 is 17.9. The maximum Gasteiger partial charge on any atom is 0.266 e. The van der Waals surface area contributed by atoms with Crippen molar-refractivity contribution < 1.29 is 19.0 Å². The number of amides is 1. The summed E-state index contributed by atoms with van der Waals surface area (Å²) in [6.45, 7) is 2.85. The van der Waals surface area contributed by atoms with Crippen molar-refractivity contribution in [1.29, 1.82) is 0 Å². The predicted molar refractivity (Wildman–Crippen MR) is 162 cm³/mol. The van der Waals surface area contributed by atoms with Gasteiger partial charge in [-0.15, -0.1) is 0 Å². The zero-order valence-corrected chi connectivity index (χ0v) is 24.2. The zero-order chi connectivity index (χ0) is 27.4. The number of carbonyl (C=O) groups excluding carboxylic acids is 1. The quantitative estimate of drug-likeness (QED) is 0.192. The lowest BCUT2D eigenvalue weighted by Gasteiger charge is -2.14. The van der Waals surface area contributed by atoms with E-state index in [1.165, 1.54) is 17.1 Å². The third-order valence-corrected chi connectivity index (χ3v) is 8.03. The van der Waals surface area contributed by atoms with E-state index < -0.39 is 0 Å². The first-order valence-corrected chi connectivity index (χ1v) is 14.0. The fraction of sp³-hybridized carbons (Fsp3) is 0.161. The molecule has 1 saturated heterocycles. The molecule has 1 heterocycles. The molecule has 0 radical (unpaired) electrons. The molecule has 0 saturated carbocycles. The van der Waals surface area contributed by atoms with Crippen molar-refractivity contribution in [2.75, 3.05) is 20.8 Å². The Labute approximate surface area is 240 Å². The van der Waals surface area contributed by atoms with Gasteiger partial charge in [0.25, 0.3) is 5.91 Å². The third kappa shape index (κ3) is 5.82. The average molecular weight is 604 g/mol. The van der Waals surface area contributed by atoms with Crippen LogP contribution >= 0.6 is 27.7 Å². The summed E-state index contributed by atoms with van der Waals surface area (Å²) in [4.78, 5) is 20.2. The van der Waals surface area contributed by atoms with Crippen LogP contribution in [0.3, 0.4) is 0 Å². The van der Waals surface area contributed by atoms with E-state index in [0.29, 0.717) is 34.7 Å². The number of methoxy groups -OCH3 is 2. The van der Waals surface area contributed by atoms with Crippen molar-refractivity contribution in [2.45, 2.75) is 13.5 Å². The maximum absolute atomic E-state index is 13.2. The molecular formula is C31H27BrN2O4S. The van der Waals surface area contributed by atoms with Crippen molar-refractivity contribution in [3.63, 3.8) is 0 Å². The van der Waals surface area contributed by atoms with Gasteiger partial charge in [0.05, 0.1) is 24.8 Å². The van der Waals surface area contributed by atoms with Gasteiger partial charge in [-0.3, -0.25) is 9.69 Å². The molecule has 0 N–H and O–H groups in total. The van der Waals surface area contributed by atoms with E-state index in [4.69, 9.17) is 19.2 Å². The number of thioether (sulfide) groups is 1. The number of hydrogen-bond acceptors (Lipinski definition) is 6. The number of aliphatic imine (C=N–C) groups is 1. The van der Waals surface area contributed by atoms with Crippen molar-refractivity contribution >= 4 is 61.3 Å². The molecule has 1 aliphatic rings. The van der Waals surface area contributed by atoms with E-state index in [1.54, 1.807) is 19.1 Å². The lowest BCUT2D eigenvalue weighted by atomic mass is 10.1. The summed E-state index contributed by atoms with van der Waals surface area (Å²) in [6, 6.07) is 25.6. The topological polar surface area (TPSA) is 60.4 Å². The number of ether oxygens (including phenoxy) is 3. The Morgan fingerprint density at radius 1 is 0.949 bits per heavy atom. The first kappa shape index (κ1) is 26.8. The molecule has 1 amide bonds. The van der Waals surface area contributed by atoms with E-state index in [1.807, 2.05) is 67.6 Å². The standard InChI is InChI=1S/C31H27BrN2O4S/c1-4-34-30(35)29(39-31(34)33-23-12-14-24(36-2)15-13-23)17-22-16-27(37-3)28(18-26(22)32)38-19-21-10-7-9-20-8-5-6-11-25(20)21/h5-18H,4,19H2,1-3H3/b29-17+,33-31?. The highest BCUT2D eigenvalue weighted by Gasteiger charge is 2.32. The lowest BCUT2D eigenvalue weighted by Crippen LogP contribution is -2.28. The Balaban J connectivity index is 1.39. The Morgan fingerprint density at radius 2 is 1.72 bits per heavy atom. The van der Waals surface area contributed by atoms with Gasteiger partial charge in [-0.05, 0) is 83.1 Å². The average Bonchev–Trinajstić information content (AvgIpc) is 3.26. The molecule has 1 aliphatic heterocycles. The van der Waals surface area contributed by atoms with Crippen LogP contribution in [0.15, 0.2) is 93.2 Å². The largest absolute Gasteiger partial charge is 0.497 e. The highest BCUT2D eigenvalue weighted by molar-refractivity contribution is 9.10. The zero-order valence-electron chi connectivity index (χ0n) is 21.8. The van der Waals surface area contributed by atoms with Gasteiger partial charge in [-0.2, -0.15) is 0 Å². The SMILES string of the molecule is CCN1C(=O)/C(=C\c2cc(OC)c(OCc3cccc4ccccc34)cc2Br)SC1=Nc1ccc(OC)cc1. The fourth-order valence-corrected chi connectivity index (χ4v) is 5.78. The number of nitrogens with zero attached hydrogens (tertiary/aromatic N) is 2. The molecule has 0 atom stereocenters. The van der Waals surface area contributed by atoms with Crippen molar-refractivity contribution in [3.8, 4) is 17.2 Å². The van der Waals surface area contributed by atoms with Gasteiger partial charge in [0.2, 0.25) is 0 Å². The van der Waals surface area contributed by atoms with Crippen molar-refractivity contribution in [1.82, 2.24) is 4.90 Å². The first-order chi connectivity index (χ1) is 19.0. The second-order valence-electron chi connectivity index (χ2n) is 8.70. The number of fused-ring (bicyclic) bond motifs is 1. The van der Waals surface area contributed by atoms with Gasteiger partial charge in [-0.1, -0.05) is 58.4 Å². The Bertz CT molecular complexity index is 1580. The van der Waals surface area contributed by atoms with Crippen LogP contribution in [-0.4, -0.2) is 36.7 Å². The molecule has 1 fully saturated rings. The van der Waals surface area contributed by atoms with Crippen LogP contribution in [0.4, 0.5) is 5.69 Å². The van der Waals surface area contributed by atoms with Crippen LogP contribution in [-0.2, 0) is 11.4 Å². The van der Waals surface area contributed by atoms with Crippen LogP contribution < -0.4 is 14.2 Å². The molecule has 5 rings (SSSR count). The Kier molecular flexibility index (Phi) is 8.24. The molecule has 198 valence electrons. The van der Waals surface area contributed by atoms with Gasteiger partial charge in [0, 0.05) is 11.0 Å². The van der Waals surface area contributed by atoms with Crippen molar-refractivity contribution in [3.05, 3.63) is 99.4 Å². The summed E-state index contributed by atoms with van der Waals surface area (Å²) in [5.74, 6) is 1.87. The number of hydrogen-bond donors (Lipinski definition) is 0. The first-order valence-electron chi connectivity index (χ1n) is 12.4. The summed E-state index contributed by atoms with van der Waals surface area (Å²) in [5.41, 5.74) is 2.65. The molecule has 6 nitrogen and oxygen atoms in total. The van der Waals surface area contributed by atoms with Gasteiger partial charge in [0.1, 0.15) is 12.4 Å². The van der Waals surface area contributed by atoms with E-state index in [9.17, 15) is 4.79 Å². The second-order valence-corrected chi connectivity index (χ2v) is 10.6. The monoisotopic (exact) mass is 602 g/mol. The van der Waals surface area contributed by atoms with E-state index in [-0.39, 0.29) is 5.91 Å². The minimum atomic E-state index is -0.0862. The highest BCUT2D eigenvalue weighted by atomic mass is 79.9. The van der Waals surface area contributed by atoms with Gasteiger partial charge >= 0.3 is 0 Å². The highest BCUT2D eigenvalue weighted by Crippen LogP contribution is 2.39. The van der Waals surface area contributed by atoms with Crippen LogP contribution in [0, 0.1) is 0 Å². The number of rotatable bonds is 8. The third-order valence-electron chi connectivity index (χ3n) is 6.33. The van der Waals surface area contributed by atoms with Crippen LogP contribution in [0.25, 0.3) is 16.8 Å². The smallest absolute Gasteiger partial charge is 0.266 e. The Morgan fingerprint density at radius 3 is 2.46 bits per heavy atom. The molecule has 0 aromatic heterocycles. The molecule has 0 unspecified atom stereocenters. The fourth-order valence-electron chi connectivity index (χ4n) is 4.29. The molecule has 0 aliphatic carbocycles. The molecular weight excluding hydrogens is 576 g/mol. The van der Waals surface area contributed by atoms with Gasteiger partial charge < -0.3 is 14.2 Å². The van der Waals surface area contributed by atoms with Crippen LogP contribution in [0.5, 0.6) is 17.2 Å².